The van der Waals surface area contributed by atoms with Gasteiger partial charge in [-0.05, 0) is 43.4 Å². The minimum absolute atomic E-state index is 0.105. The molecule has 0 fully saturated rings. The molecule has 0 saturated heterocycles. The van der Waals surface area contributed by atoms with Crippen molar-refractivity contribution in [3.8, 4) is 0 Å². The fourth-order valence-corrected chi connectivity index (χ4v) is 11.9. The van der Waals surface area contributed by atoms with Crippen molar-refractivity contribution in [2.75, 3.05) is 39.6 Å². The van der Waals surface area contributed by atoms with Gasteiger partial charge in [0, 0.05) is 25.7 Å². The van der Waals surface area contributed by atoms with Crippen LogP contribution in [-0.4, -0.2) is 96.7 Å². The summed E-state index contributed by atoms with van der Waals surface area (Å²) in [4.78, 5) is 72.4. The Morgan fingerprint density at radius 3 is 0.773 bits per heavy atom. The van der Waals surface area contributed by atoms with Gasteiger partial charge in [0.05, 0.1) is 26.4 Å². The lowest BCUT2D eigenvalue weighted by Gasteiger charge is -2.21. The summed E-state index contributed by atoms with van der Waals surface area (Å²) in [5.41, 5.74) is 0. The smallest absolute Gasteiger partial charge is 0.462 e. The highest BCUT2D eigenvalue weighted by Crippen LogP contribution is 2.45. The Morgan fingerprint density at radius 1 is 0.307 bits per heavy atom. The highest BCUT2D eigenvalue weighted by atomic mass is 31.2. The quantitative estimate of drug-likeness (QED) is 0.0222. The van der Waals surface area contributed by atoms with E-state index < -0.39 is 97.5 Å². The normalized spacial score (nSPS) is 14.2. The van der Waals surface area contributed by atoms with Gasteiger partial charge in [-0.25, -0.2) is 9.13 Å². The molecule has 5 atom stereocenters. The van der Waals surface area contributed by atoms with Gasteiger partial charge in [-0.15, -0.1) is 0 Å². The van der Waals surface area contributed by atoms with Crippen molar-refractivity contribution in [1.29, 1.82) is 0 Å². The molecule has 0 amide bonds. The van der Waals surface area contributed by atoms with Crippen molar-refractivity contribution in [3.05, 3.63) is 0 Å². The van der Waals surface area contributed by atoms with E-state index in [-0.39, 0.29) is 25.7 Å². The van der Waals surface area contributed by atoms with Crippen LogP contribution in [0.2, 0.25) is 0 Å². The van der Waals surface area contributed by atoms with E-state index in [1.165, 1.54) is 141 Å². The highest BCUT2D eigenvalue weighted by Gasteiger charge is 2.30. The van der Waals surface area contributed by atoms with Crippen LogP contribution in [0.3, 0.4) is 0 Å². The number of aliphatic hydroxyl groups excluding tert-OH is 1. The lowest BCUT2D eigenvalue weighted by Crippen LogP contribution is -2.30. The first-order valence-electron chi connectivity index (χ1n) is 35.8. The van der Waals surface area contributed by atoms with E-state index in [1.807, 2.05) is 0 Å². The van der Waals surface area contributed by atoms with Crippen molar-refractivity contribution < 1.29 is 80.2 Å². The molecule has 0 aliphatic rings. The summed E-state index contributed by atoms with van der Waals surface area (Å²) in [5, 5.41) is 10.6. The van der Waals surface area contributed by atoms with Crippen LogP contribution in [0.15, 0.2) is 0 Å². The number of phosphoric ester groups is 2. The number of hydrogen-bond acceptors (Lipinski definition) is 15. The van der Waals surface area contributed by atoms with Gasteiger partial charge < -0.3 is 33.8 Å². The third-order valence-electron chi connectivity index (χ3n) is 15.9. The van der Waals surface area contributed by atoms with E-state index in [1.54, 1.807) is 0 Å². The van der Waals surface area contributed by atoms with Crippen molar-refractivity contribution in [2.45, 2.75) is 362 Å². The van der Waals surface area contributed by atoms with Crippen LogP contribution >= 0.6 is 15.6 Å². The summed E-state index contributed by atoms with van der Waals surface area (Å²) in [6, 6.07) is 0. The second-order valence-electron chi connectivity index (χ2n) is 26.3. The topological polar surface area (TPSA) is 237 Å². The third-order valence-corrected chi connectivity index (χ3v) is 17.8. The van der Waals surface area contributed by atoms with E-state index >= 15 is 0 Å². The molecule has 0 saturated carbocycles. The largest absolute Gasteiger partial charge is 0.472 e. The van der Waals surface area contributed by atoms with Gasteiger partial charge in [0.1, 0.15) is 19.3 Å². The monoisotopic (exact) mass is 1300 g/mol. The Hall–Kier alpha value is -1.94. The zero-order valence-electron chi connectivity index (χ0n) is 57.2. The van der Waals surface area contributed by atoms with Crippen LogP contribution in [0.4, 0.5) is 0 Å². The molecule has 88 heavy (non-hydrogen) atoms. The van der Waals surface area contributed by atoms with Crippen LogP contribution in [0.5, 0.6) is 0 Å². The summed E-state index contributed by atoms with van der Waals surface area (Å²) >= 11 is 0. The fraction of sp³-hybridized carbons (Fsp3) is 0.942. The molecule has 0 aromatic rings. The molecule has 0 aromatic heterocycles. The zero-order chi connectivity index (χ0) is 65.2. The average molecular weight is 1300 g/mol. The number of carbonyl (C=O) groups is 4. The fourth-order valence-electron chi connectivity index (χ4n) is 10.4. The molecule has 0 heterocycles. The first kappa shape index (κ1) is 86.1. The SMILES string of the molecule is CCCCCCCCCC(=O)OC[C@H](COP(=O)(O)OC[C@H](O)COP(=O)(O)OC[C@@H](COC(=O)CCCCCCCCCCCCCC(C)C)OC(=O)CCCCCCCCCCCCCCC(C)C)OC(=O)CCCCCCCCCCCC(C)C. The first-order chi connectivity index (χ1) is 42.2. The van der Waals surface area contributed by atoms with Crippen LogP contribution < -0.4 is 0 Å². The number of esters is 4. The third kappa shape index (κ3) is 62.8. The van der Waals surface area contributed by atoms with Crippen LogP contribution in [-0.2, 0) is 65.4 Å². The number of unbranched alkanes of at least 4 members (excludes halogenated alkanes) is 35. The molecule has 0 rings (SSSR count). The Bertz CT molecular complexity index is 1730. The average Bonchev–Trinajstić information content (AvgIpc) is 3.68. The molecule has 0 bridgehead atoms. The minimum Gasteiger partial charge on any atom is -0.462 e. The standard InChI is InChI=1S/C69H134O17P2/c1-8-9-10-11-26-36-43-50-66(71)79-56-64(85-69(74)53-46-39-32-25-19-22-29-35-42-49-62(6)7)58-83-87(75,76)81-54-63(70)55-82-88(77,78)84-59-65(57-80-67(72)51-44-37-30-23-18-14-16-21-28-34-41-48-61(4)5)86-68(73)52-45-38-31-24-17-13-12-15-20-27-33-40-47-60(2)3/h60-65,70H,8-59H2,1-7H3,(H,75,76)(H,77,78)/t63-,64+,65+/m0/s1. The van der Waals surface area contributed by atoms with Crippen LogP contribution in [0.1, 0.15) is 344 Å². The summed E-state index contributed by atoms with van der Waals surface area (Å²) in [7, 11) is -9.89. The Labute approximate surface area is 537 Å². The number of phosphoric acid groups is 2. The lowest BCUT2D eigenvalue weighted by molar-refractivity contribution is -0.161. The molecule has 0 aliphatic carbocycles. The van der Waals surface area contributed by atoms with E-state index in [0.717, 1.165) is 120 Å². The van der Waals surface area contributed by atoms with E-state index in [9.17, 15) is 43.2 Å². The van der Waals surface area contributed by atoms with Gasteiger partial charge in [0.25, 0.3) is 0 Å². The van der Waals surface area contributed by atoms with E-state index in [4.69, 9.17) is 37.0 Å². The minimum atomic E-state index is -4.95. The lowest BCUT2D eigenvalue weighted by atomic mass is 10.0. The first-order valence-corrected chi connectivity index (χ1v) is 38.8. The maximum absolute atomic E-state index is 13.0. The molecule has 522 valence electrons. The second-order valence-corrected chi connectivity index (χ2v) is 29.3. The number of hydrogen-bond donors (Lipinski definition) is 3. The summed E-state index contributed by atoms with van der Waals surface area (Å²) in [5.74, 6) is 0.153. The van der Waals surface area contributed by atoms with Crippen LogP contribution in [0.25, 0.3) is 0 Å². The Kier molecular flexibility index (Phi) is 58.7. The molecule has 0 spiro atoms. The molecule has 19 heteroatoms. The molecule has 0 aliphatic heterocycles. The van der Waals surface area contributed by atoms with Crippen molar-refractivity contribution >= 4 is 39.5 Å². The molecule has 0 radical (unpaired) electrons. The molecule has 17 nitrogen and oxygen atoms in total. The van der Waals surface area contributed by atoms with Crippen molar-refractivity contribution in [3.63, 3.8) is 0 Å². The Balaban J connectivity index is 5.22. The number of ether oxygens (including phenoxy) is 4. The maximum atomic E-state index is 13.0. The number of aliphatic hydroxyl groups is 1. The van der Waals surface area contributed by atoms with Gasteiger partial charge in [0.2, 0.25) is 0 Å². The molecule has 3 N–H and O–H groups in total. The second kappa shape index (κ2) is 60.0. The van der Waals surface area contributed by atoms with E-state index in [0.29, 0.717) is 25.7 Å². The predicted octanol–water partition coefficient (Wildman–Crippen LogP) is 19.5. The molecular weight excluding hydrogens is 1160 g/mol. The van der Waals surface area contributed by atoms with Gasteiger partial charge in [0.15, 0.2) is 12.2 Å². The van der Waals surface area contributed by atoms with Gasteiger partial charge in [-0.2, -0.15) is 0 Å². The highest BCUT2D eigenvalue weighted by molar-refractivity contribution is 7.47. The maximum Gasteiger partial charge on any atom is 0.472 e. The van der Waals surface area contributed by atoms with Crippen LogP contribution in [0, 0.1) is 17.8 Å². The molecular formula is C69H134O17P2. The summed E-state index contributed by atoms with van der Waals surface area (Å²) in [6.07, 6.45) is 43.1. The molecule has 0 aromatic carbocycles. The summed E-state index contributed by atoms with van der Waals surface area (Å²) < 4.78 is 68.2. The predicted molar refractivity (Wildman–Crippen MR) is 354 cm³/mol. The number of rotatable bonds is 67. The van der Waals surface area contributed by atoms with Crippen molar-refractivity contribution in [1.82, 2.24) is 0 Å². The van der Waals surface area contributed by atoms with Gasteiger partial charge in [-0.1, -0.05) is 292 Å². The van der Waals surface area contributed by atoms with Crippen molar-refractivity contribution in [2.24, 2.45) is 17.8 Å². The van der Waals surface area contributed by atoms with Gasteiger partial charge >= 0.3 is 39.5 Å². The Morgan fingerprint density at radius 2 is 0.523 bits per heavy atom. The van der Waals surface area contributed by atoms with Gasteiger partial charge in [-0.3, -0.25) is 37.3 Å². The number of carbonyl (C=O) groups excluding carboxylic acids is 4. The summed E-state index contributed by atoms with van der Waals surface area (Å²) in [6.45, 7) is 11.8. The zero-order valence-corrected chi connectivity index (χ0v) is 59.0. The van der Waals surface area contributed by atoms with E-state index in [2.05, 4.69) is 48.5 Å². The molecule has 2 unspecified atom stereocenters.